The normalized spacial score (nSPS) is 13.3. The summed E-state index contributed by atoms with van der Waals surface area (Å²) in [5.74, 6) is 1.12. The average molecular weight is 556 g/mol. The highest BCUT2D eigenvalue weighted by molar-refractivity contribution is 5.77. The number of fused-ring (bicyclic) bond motifs is 1. The molecule has 0 radical (unpaired) electrons. The molecule has 9 heteroatoms. The van der Waals surface area contributed by atoms with Crippen LogP contribution in [0.15, 0.2) is 30.6 Å². The summed E-state index contributed by atoms with van der Waals surface area (Å²) in [6.07, 6.45) is 12.2. The number of aliphatic carboxylic acids is 1. The van der Waals surface area contributed by atoms with E-state index in [9.17, 15) is 9.59 Å². The van der Waals surface area contributed by atoms with Crippen LogP contribution in [0.25, 0.3) is 0 Å². The summed E-state index contributed by atoms with van der Waals surface area (Å²) in [7, 11) is 0. The Hall–Kier alpha value is -3.07. The van der Waals surface area contributed by atoms with E-state index >= 15 is 0 Å². The number of ether oxygens (including phenoxy) is 1. The fourth-order valence-corrected chi connectivity index (χ4v) is 4.59. The van der Waals surface area contributed by atoms with Crippen molar-refractivity contribution >= 4 is 17.7 Å². The Morgan fingerprint density at radius 2 is 1.93 bits per heavy atom. The largest absolute Gasteiger partial charge is 0.481 e. The Balaban J connectivity index is 0.000000693. The molecule has 0 saturated heterocycles. The minimum absolute atomic E-state index is 0.0516. The number of nitrogens with zero attached hydrogens (tertiary/aromatic N) is 3. The number of carbonyl (C=O) groups is 2. The lowest BCUT2D eigenvalue weighted by Gasteiger charge is -2.26. The highest BCUT2D eigenvalue weighted by Gasteiger charge is 2.24. The van der Waals surface area contributed by atoms with E-state index < -0.39 is 5.97 Å². The van der Waals surface area contributed by atoms with Crippen LogP contribution in [0.1, 0.15) is 95.6 Å². The van der Waals surface area contributed by atoms with E-state index in [4.69, 9.17) is 14.8 Å². The molecule has 9 nitrogen and oxygen atoms in total. The fraction of sp³-hybridized carbons (Fsp3) is 0.645. The fourth-order valence-electron chi connectivity index (χ4n) is 4.59. The molecule has 0 spiro atoms. The maximum atomic E-state index is 12.8. The predicted molar refractivity (Wildman–Crippen MR) is 158 cm³/mol. The van der Waals surface area contributed by atoms with E-state index in [1.165, 1.54) is 5.56 Å². The number of amides is 1. The molecule has 2 aromatic heterocycles. The van der Waals surface area contributed by atoms with Crippen molar-refractivity contribution in [3.05, 3.63) is 47.7 Å². The molecular formula is C31H49N5O4. The van der Waals surface area contributed by atoms with Gasteiger partial charge in [0.15, 0.2) is 0 Å². The topological polar surface area (TPSA) is 126 Å². The Morgan fingerprint density at radius 3 is 2.60 bits per heavy atom. The molecule has 0 saturated carbocycles. The van der Waals surface area contributed by atoms with Crippen molar-refractivity contribution < 1.29 is 19.4 Å². The number of carboxylic acids is 1. The maximum Gasteiger partial charge on any atom is 0.303 e. The molecule has 3 N–H and O–H groups in total. The van der Waals surface area contributed by atoms with Crippen LogP contribution in [0.2, 0.25) is 0 Å². The first-order valence-corrected chi connectivity index (χ1v) is 14.7. The molecule has 222 valence electrons. The number of rotatable bonds is 16. The molecule has 3 rings (SSSR count). The predicted octanol–water partition coefficient (Wildman–Crippen LogP) is 5.52. The number of hydrogen-bond donors (Lipinski definition) is 3. The lowest BCUT2D eigenvalue weighted by Crippen LogP contribution is -2.38. The van der Waals surface area contributed by atoms with Gasteiger partial charge in [0.1, 0.15) is 11.6 Å². The summed E-state index contributed by atoms with van der Waals surface area (Å²) in [5, 5.41) is 15.5. The summed E-state index contributed by atoms with van der Waals surface area (Å²) < 4.78 is 5.67. The van der Waals surface area contributed by atoms with Gasteiger partial charge in [0.2, 0.25) is 5.91 Å². The molecule has 1 unspecified atom stereocenters. The van der Waals surface area contributed by atoms with Crippen LogP contribution in [0.5, 0.6) is 0 Å². The minimum Gasteiger partial charge on any atom is -0.481 e. The molecule has 3 heterocycles. The van der Waals surface area contributed by atoms with Gasteiger partial charge < -0.3 is 20.5 Å². The van der Waals surface area contributed by atoms with Crippen LogP contribution in [0.3, 0.4) is 0 Å². The van der Waals surface area contributed by atoms with Crippen LogP contribution in [-0.2, 0) is 27.2 Å². The van der Waals surface area contributed by atoms with Crippen LogP contribution in [0, 0.1) is 12.3 Å². The highest BCUT2D eigenvalue weighted by Crippen LogP contribution is 2.23. The van der Waals surface area contributed by atoms with E-state index in [1.807, 2.05) is 6.92 Å². The van der Waals surface area contributed by atoms with Crippen molar-refractivity contribution in [2.45, 2.75) is 104 Å². The van der Waals surface area contributed by atoms with Crippen molar-refractivity contribution in [1.29, 1.82) is 0 Å². The van der Waals surface area contributed by atoms with E-state index in [2.05, 4.69) is 53.5 Å². The molecule has 1 aliphatic rings. The Labute approximate surface area is 240 Å². The van der Waals surface area contributed by atoms with Gasteiger partial charge in [-0.15, -0.1) is 0 Å². The van der Waals surface area contributed by atoms with Crippen molar-refractivity contribution in [2.75, 3.05) is 25.1 Å². The SMILES string of the molecule is CCCOCC(C)(C)CC(=O)NC(CCCCCC(=O)O)CCc1ccc2c(n1)NCCC2.Cc1ncccn1. The number of hydrogen-bond acceptors (Lipinski definition) is 7. The minimum atomic E-state index is -0.750. The second-order valence-electron chi connectivity index (χ2n) is 11.3. The maximum absolute atomic E-state index is 12.8. The van der Waals surface area contributed by atoms with Gasteiger partial charge in [-0.1, -0.05) is 39.7 Å². The molecule has 0 aromatic carbocycles. The molecule has 0 bridgehead atoms. The average Bonchev–Trinajstić information content (AvgIpc) is 2.91. The highest BCUT2D eigenvalue weighted by atomic mass is 16.5. The molecular weight excluding hydrogens is 506 g/mol. The second-order valence-corrected chi connectivity index (χ2v) is 11.3. The molecule has 1 amide bonds. The monoisotopic (exact) mass is 555 g/mol. The van der Waals surface area contributed by atoms with Crippen molar-refractivity contribution in [3.63, 3.8) is 0 Å². The second kappa shape index (κ2) is 18.3. The third-order valence-corrected chi connectivity index (χ3v) is 6.68. The Kier molecular flexibility index (Phi) is 15.2. The lowest BCUT2D eigenvalue weighted by atomic mass is 9.89. The van der Waals surface area contributed by atoms with Gasteiger partial charge in [-0.2, -0.15) is 0 Å². The summed E-state index contributed by atoms with van der Waals surface area (Å²) in [6.45, 7) is 10.3. The number of carbonyl (C=O) groups excluding carboxylic acids is 1. The zero-order chi connectivity index (χ0) is 29.2. The Bertz CT molecular complexity index is 1020. The van der Waals surface area contributed by atoms with Crippen LogP contribution in [0.4, 0.5) is 5.82 Å². The van der Waals surface area contributed by atoms with E-state index in [0.29, 0.717) is 26.1 Å². The summed E-state index contributed by atoms with van der Waals surface area (Å²) in [4.78, 5) is 36.1. The number of aromatic nitrogens is 3. The first-order chi connectivity index (χ1) is 19.2. The van der Waals surface area contributed by atoms with E-state index in [-0.39, 0.29) is 23.8 Å². The molecule has 40 heavy (non-hydrogen) atoms. The number of anilines is 1. The summed E-state index contributed by atoms with van der Waals surface area (Å²) >= 11 is 0. The smallest absolute Gasteiger partial charge is 0.303 e. The quantitative estimate of drug-likeness (QED) is 0.231. The number of carboxylic acid groups (broad SMARTS) is 1. The van der Waals surface area contributed by atoms with Gasteiger partial charge in [-0.25, -0.2) is 15.0 Å². The van der Waals surface area contributed by atoms with Crippen molar-refractivity contribution in [3.8, 4) is 0 Å². The van der Waals surface area contributed by atoms with Gasteiger partial charge in [0.05, 0.1) is 6.61 Å². The molecule has 0 aliphatic carbocycles. The van der Waals surface area contributed by atoms with Gasteiger partial charge >= 0.3 is 5.97 Å². The zero-order valence-corrected chi connectivity index (χ0v) is 24.9. The third kappa shape index (κ3) is 14.4. The number of pyridine rings is 1. The van der Waals surface area contributed by atoms with Crippen molar-refractivity contribution in [2.24, 2.45) is 5.41 Å². The number of aryl methyl sites for hydroxylation is 3. The molecule has 1 aliphatic heterocycles. The molecule has 0 fully saturated rings. The van der Waals surface area contributed by atoms with Gasteiger partial charge in [-0.3, -0.25) is 9.59 Å². The van der Waals surface area contributed by atoms with Crippen molar-refractivity contribution in [1.82, 2.24) is 20.3 Å². The summed E-state index contributed by atoms with van der Waals surface area (Å²) in [5.41, 5.74) is 2.11. The number of unbranched alkanes of at least 4 members (excludes halogenated alkanes) is 2. The van der Waals surface area contributed by atoms with Crippen LogP contribution in [-0.4, -0.2) is 57.7 Å². The summed E-state index contributed by atoms with van der Waals surface area (Å²) in [6, 6.07) is 6.13. The molecule has 2 aromatic rings. The standard InChI is InChI=1S/C26H43N3O4.C5H6N2/c1-4-17-33-19-26(2,3)18-23(30)28-21(10-6-5-7-11-24(31)32)14-15-22-13-12-20-9-8-16-27-25(20)29-22;1-5-6-3-2-4-7-5/h12-13,21H,4-11,14-19H2,1-3H3,(H,27,29)(H,28,30)(H,31,32);2-4H,1H3. The zero-order valence-electron chi connectivity index (χ0n) is 24.9. The Morgan fingerprint density at radius 1 is 1.15 bits per heavy atom. The van der Waals surface area contributed by atoms with E-state index in [1.54, 1.807) is 18.5 Å². The first-order valence-electron chi connectivity index (χ1n) is 14.7. The number of nitrogens with one attached hydrogen (secondary N) is 2. The van der Waals surface area contributed by atoms with E-state index in [0.717, 1.165) is 75.2 Å². The van der Waals surface area contributed by atoms with Gasteiger partial charge in [0, 0.05) is 50.1 Å². The van der Waals surface area contributed by atoms with Gasteiger partial charge in [0.25, 0.3) is 0 Å². The van der Waals surface area contributed by atoms with Gasteiger partial charge in [-0.05, 0) is 75.0 Å². The lowest BCUT2D eigenvalue weighted by molar-refractivity contribution is -0.137. The third-order valence-electron chi connectivity index (χ3n) is 6.68. The van der Waals surface area contributed by atoms with Crippen LogP contribution >= 0.6 is 0 Å². The van der Waals surface area contributed by atoms with Crippen LogP contribution < -0.4 is 10.6 Å². The first kappa shape index (κ1) is 33.1. The molecule has 1 atom stereocenters.